The van der Waals surface area contributed by atoms with Gasteiger partial charge >= 0.3 is 0 Å². The fourth-order valence-corrected chi connectivity index (χ4v) is 3.44. The van der Waals surface area contributed by atoms with Crippen molar-refractivity contribution in [3.8, 4) is 0 Å². The summed E-state index contributed by atoms with van der Waals surface area (Å²) in [6, 6.07) is 0. The Labute approximate surface area is 160 Å². The molecule has 0 aliphatic rings. The van der Waals surface area contributed by atoms with Crippen LogP contribution in [0.1, 0.15) is 78.1 Å². The Balaban J connectivity index is 1.51. The number of imidazole rings is 2. The fourth-order valence-electron chi connectivity index (χ4n) is 3.44. The molecular formula is C22H40N4+2. The molecule has 0 fully saturated rings. The number of aryl methyl sites for hydroxylation is 4. The van der Waals surface area contributed by atoms with Crippen molar-refractivity contribution in [3.05, 3.63) is 37.4 Å². The van der Waals surface area contributed by atoms with Crippen molar-refractivity contribution < 1.29 is 9.13 Å². The monoisotopic (exact) mass is 360 g/mol. The van der Waals surface area contributed by atoms with Gasteiger partial charge in [0.05, 0.1) is 26.2 Å². The maximum atomic E-state index is 2.34. The number of unbranched alkanes of at least 4 members (excludes halogenated alkanes) is 7. The molecule has 0 atom stereocenters. The van der Waals surface area contributed by atoms with Crippen LogP contribution in [0.5, 0.6) is 0 Å². The molecule has 2 heterocycles. The van der Waals surface area contributed by atoms with Gasteiger partial charge in [-0.1, -0.05) is 26.7 Å². The van der Waals surface area contributed by atoms with E-state index in [0.29, 0.717) is 0 Å². The summed E-state index contributed by atoms with van der Waals surface area (Å²) in [6.07, 6.45) is 26.5. The molecule has 0 saturated carbocycles. The van der Waals surface area contributed by atoms with Gasteiger partial charge in [0.1, 0.15) is 24.8 Å². The van der Waals surface area contributed by atoms with E-state index >= 15 is 0 Å². The van der Waals surface area contributed by atoms with E-state index in [1.165, 1.54) is 64.2 Å². The first-order valence-corrected chi connectivity index (χ1v) is 10.9. The number of nitrogens with zero attached hydrogens (tertiary/aromatic N) is 4. The van der Waals surface area contributed by atoms with Crippen LogP contribution in [0, 0.1) is 0 Å². The summed E-state index contributed by atoms with van der Waals surface area (Å²) in [5, 5.41) is 0. The van der Waals surface area contributed by atoms with Crippen molar-refractivity contribution in [3.63, 3.8) is 0 Å². The largest absolute Gasteiger partial charge is 0.243 e. The molecule has 4 nitrogen and oxygen atoms in total. The van der Waals surface area contributed by atoms with Crippen molar-refractivity contribution in [2.45, 2.75) is 104 Å². The summed E-state index contributed by atoms with van der Waals surface area (Å²) in [4.78, 5) is 0. The summed E-state index contributed by atoms with van der Waals surface area (Å²) in [6.45, 7) is 9.16. The van der Waals surface area contributed by atoms with E-state index in [-0.39, 0.29) is 0 Å². The van der Waals surface area contributed by atoms with Crippen LogP contribution in [0.3, 0.4) is 0 Å². The molecule has 146 valence electrons. The molecule has 0 aromatic carbocycles. The van der Waals surface area contributed by atoms with E-state index in [9.17, 15) is 0 Å². The first-order chi connectivity index (χ1) is 12.8. The van der Waals surface area contributed by atoms with Gasteiger partial charge in [-0.15, -0.1) is 0 Å². The van der Waals surface area contributed by atoms with Crippen LogP contribution in [0.2, 0.25) is 0 Å². The second-order valence-electron chi connectivity index (χ2n) is 7.61. The van der Waals surface area contributed by atoms with Gasteiger partial charge in [0.25, 0.3) is 0 Å². The maximum absolute atomic E-state index is 2.34. The summed E-state index contributed by atoms with van der Waals surface area (Å²) in [7, 11) is 0. The summed E-state index contributed by atoms with van der Waals surface area (Å²) < 4.78 is 9.35. The van der Waals surface area contributed by atoms with Crippen LogP contribution in [0.4, 0.5) is 0 Å². The van der Waals surface area contributed by atoms with Crippen LogP contribution in [0.15, 0.2) is 37.4 Å². The van der Waals surface area contributed by atoms with Crippen molar-refractivity contribution in [2.24, 2.45) is 0 Å². The Morgan fingerprint density at radius 3 is 1.46 bits per heavy atom. The standard InChI is InChI=1S/C22H40N4/c1-3-5-9-13-23-17-19-25(21-23)15-11-7-8-12-16-26-20-18-24(22-26)14-10-6-4-2/h17-22H,3-16H2,1-2H3/q+2. The minimum Gasteiger partial charge on any atom is -0.237 e. The Bertz CT molecular complexity index is 532. The highest BCUT2D eigenvalue weighted by Gasteiger charge is 2.05. The molecule has 26 heavy (non-hydrogen) atoms. The summed E-state index contributed by atoms with van der Waals surface area (Å²) >= 11 is 0. The molecule has 0 unspecified atom stereocenters. The fraction of sp³-hybridized carbons (Fsp3) is 0.727. The maximum Gasteiger partial charge on any atom is 0.243 e. The number of hydrogen-bond donors (Lipinski definition) is 0. The molecule has 0 aliphatic heterocycles. The second-order valence-corrected chi connectivity index (χ2v) is 7.61. The molecule has 0 spiro atoms. The van der Waals surface area contributed by atoms with E-state index in [2.05, 4.69) is 69.6 Å². The second kappa shape index (κ2) is 12.7. The van der Waals surface area contributed by atoms with Crippen LogP contribution in [-0.4, -0.2) is 9.13 Å². The third-order valence-corrected chi connectivity index (χ3v) is 5.11. The number of aromatic nitrogens is 4. The average Bonchev–Trinajstić information content (AvgIpc) is 3.28. The smallest absolute Gasteiger partial charge is 0.237 e. The molecule has 0 amide bonds. The SMILES string of the molecule is CCCCC[n+]1ccn(CCCCCCn2cc[n+](CCCCC)c2)c1. The molecule has 0 aliphatic carbocycles. The van der Waals surface area contributed by atoms with Gasteiger partial charge in [-0.3, -0.25) is 0 Å². The molecule has 0 N–H and O–H groups in total. The van der Waals surface area contributed by atoms with Gasteiger partial charge in [-0.05, 0) is 51.4 Å². The lowest BCUT2D eigenvalue weighted by Gasteiger charge is -1.99. The number of hydrogen-bond acceptors (Lipinski definition) is 0. The zero-order valence-electron chi connectivity index (χ0n) is 17.2. The van der Waals surface area contributed by atoms with Gasteiger partial charge in [-0.25, -0.2) is 18.3 Å². The highest BCUT2D eigenvalue weighted by molar-refractivity contribution is 4.67. The molecule has 2 aromatic rings. The lowest BCUT2D eigenvalue weighted by Crippen LogP contribution is -2.30. The molecule has 4 heteroatoms. The van der Waals surface area contributed by atoms with Gasteiger partial charge in [0.15, 0.2) is 0 Å². The number of rotatable bonds is 15. The van der Waals surface area contributed by atoms with Crippen LogP contribution in [-0.2, 0) is 26.2 Å². The molecular weight excluding hydrogens is 320 g/mol. The molecule has 2 rings (SSSR count). The third kappa shape index (κ3) is 8.20. The Morgan fingerprint density at radius 2 is 1.04 bits per heavy atom. The molecule has 0 bridgehead atoms. The third-order valence-electron chi connectivity index (χ3n) is 5.11. The highest BCUT2D eigenvalue weighted by Crippen LogP contribution is 2.04. The van der Waals surface area contributed by atoms with Crippen molar-refractivity contribution in [1.82, 2.24) is 9.13 Å². The zero-order chi connectivity index (χ0) is 18.5. The van der Waals surface area contributed by atoms with Gasteiger partial charge < -0.3 is 0 Å². The first kappa shape index (κ1) is 20.7. The molecule has 0 saturated heterocycles. The van der Waals surface area contributed by atoms with Crippen molar-refractivity contribution in [2.75, 3.05) is 0 Å². The Kier molecular flexibility index (Phi) is 10.1. The minimum absolute atomic E-state index is 1.15. The van der Waals surface area contributed by atoms with Gasteiger partial charge in [0, 0.05) is 0 Å². The van der Waals surface area contributed by atoms with E-state index in [0.717, 1.165) is 26.2 Å². The quantitative estimate of drug-likeness (QED) is 0.329. The first-order valence-electron chi connectivity index (χ1n) is 10.9. The lowest BCUT2D eigenvalue weighted by molar-refractivity contribution is -0.697. The van der Waals surface area contributed by atoms with E-state index in [4.69, 9.17) is 0 Å². The minimum atomic E-state index is 1.15. The topological polar surface area (TPSA) is 17.6 Å². The van der Waals surface area contributed by atoms with E-state index < -0.39 is 0 Å². The predicted octanol–water partition coefficient (Wildman–Crippen LogP) is 4.51. The summed E-state index contributed by atoms with van der Waals surface area (Å²) in [5.41, 5.74) is 0. The lowest BCUT2D eigenvalue weighted by atomic mass is 10.2. The summed E-state index contributed by atoms with van der Waals surface area (Å²) in [5.74, 6) is 0. The van der Waals surface area contributed by atoms with Gasteiger partial charge in [0.2, 0.25) is 12.7 Å². The van der Waals surface area contributed by atoms with Crippen LogP contribution >= 0.6 is 0 Å². The predicted molar refractivity (Wildman–Crippen MR) is 107 cm³/mol. The highest BCUT2D eigenvalue weighted by atomic mass is 15.1. The van der Waals surface area contributed by atoms with Crippen LogP contribution in [0.25, 0.3) is 0 Å². The van der Waals surface area contributed by atoms with E-state index in [1.807, 2.05) is 0 Å². The van der Waals surface area contributed by atoms with Crippen LogP contribution < -0.4 is 9.13 Å². The molecule has 0 radical (unpaired) electrons. The van der Waals surface area contributed by atoms with Crippen molar-refractivity contribution in [1.29, 1.82) is 0 Å². The normalized spacial score (nSPS) is 11.3. The zero-order valence-corrected chi connectivity index (χ0v) is 17.2. The Hall–Kier alpha value is -1.58. The van der Waals surface area contributed by atoms with Gasteiger partial charge in [-0.2, -0.15) is 0 Å². The van der Waals surface area contributed by atoms with E-state index in [1.54, 1.807) is 0 Å². The average molecular weight is 361 g/mol. The molecule has 2 aromatic heterocycles. The van der Waals surface area contributed by atoms with Crippen molar-refractivity contribution >= 4 is 0 Å². The Morgan fingerprint density at radius 1 is 0.577 bits per heavy atom.